The van der Waals surface area contributed by atoms with Gasteiger partial charge in [-0.1, -0.05) is 42.5 Å². The minimum Gasteiger partial charge on any atom is -0.460 e. The molecule has 0 N–H and O–H groups in total. The average Bonchev–Trinajstić information content (AvgIpc) is 2.89. The number of carbonyl (C=O) groups excluding carboxylic acids is 1. The summed E-state index contributed by atoms with van der Waals surface area (Å²) in [6.07, 6.45) is 8.71. The van der Waals surface area contributed by atoms with E-state index in [0.717, 1.165) is 47.0 Å². The smallest absolute Gasteiger partial charge is 0.340 e. The first-order valence-corrected chi connectivity index (χ1v) is 10.2. The molecule has 1 spiro atoms. The van der Waals surface area contributed by atoms with Crippen LogP contribution in [-0.4, -0.2) is 19.1 Å². The summed E-state index contributed by atoms with van der Waals surface area (Å²) < 4.78 is 12.6. The van der Waals surface area contributed by atoms with Gasteiger partial charge in [0.15, 0.2) is 5.60 Å². The molecule has 0 bridgehead atoms. The van der Waals surface area contributed by atoms with Crippen LogP contribution in [0.4, 0.5) is 5.69 Å². The topological polar surface area (TPSA) is 38.8 Å². The van der Waals surface area contributed by atoms with E-state index in [9.17, 15) is 4.79 Å². The Morgan fingerprint density at radius 3 is 2.69 bits per heavy atom. The lowest BCUT2D eigenvalue weighted by Gasteiger charge is -2.37. The van der Waals surface area contributed by atoms with Crippen LogP contribution in [0.5, 0.6) is 5.75 Å². The number of anilines is 1. The summed E-state index contributed by atoms with van der Waals surface area (Å²) in [5.74, 6) is 1.28. The predicted octanol–water partition coefficient (Wildman–Crippen LogP) is 5.11. The fourth-order valence-corrected chi connectivity index (χ4v) is 4.59. The molecule has 0 aromatic heterocycles. The third-order valence-electron chi connectivity index (χ3n) is 5.97. The molecule has 2 aromatic rings. The van der Waals surface area contributed by atoms with Crippen LogP contribution in [0, 0.1) is 0 Å². The van der Waals surface area contributed by atoms with Crippen molar-refractivity contribution in [3.05, 3.63) is 94.8 Å². The molecule has 2 aliphatic heterocycles. The van der Waals surface area contributed by atoms with E-state index in [2.05, 4.69) is 37.0 Å². The summed E-state index contributed by atoms with van der Waals surface area (Å²) in [6, 6.07) is 13.9. The standard InChI is InChI=1S/C25H23NO3/c1-3-26(4-2)17-14-15-21-23(16-17)28-22-13-7-5-6-12-20(22)25(21)19-11-9-8-10-18(19)24(27)29-25/h5-12,14-16H,3-4,13H2,1-2H3. The second-order valence-corrected chi connectivity index (χ2v) is 7.40. The number of hydrogen-bond acceptors (Lipinski definition) is 4. The molecule has 2 aromatic carbocycles. The van der Waals surface area contributed by atoms with Crippen LogP contribution in [0.1, 0.15) is 41.8 Å². The molecule has 0 amide bonds. The van der Waals surface area contributed by atoms with E-state index in [-0.39, 0.29) is 5.97 Å². The first kappa shape index (κ1) is 17.8. The van der Waals surface area contributed by atoms with Crippen molar-refractivity contribution >= 4 is 11.7 Å². The zero-order valence-corrected chi connectivity index (χ0v) is 16.6. The molecule has 0 fully saturated rings. The van der Waals surface area contributed by atoms with Crippen molar-refractivity contribution in [2.75, 3.05) is 18.0 Å². The van der Waals surface area contributed by atoms with Crippen LogP contribution >= 0.6 is 0 Å². The molecule has 146 valence electrons. The van der Waals surface area contributed by atoms with Gasteiger partial charge in [0.25, 0.3) is 0 Å². The maximum absolute atomic E-state index is 12.8. The molecule has 2 heterocycles. The van der Waals surface area contributed by atoms with E-state index in [4.69, 9.17) is 9.47 Å². The summed E-state index contributed by atoms with van der Waals surface area (Å²) in [4.78, 5) is 15.1. The third kappa shape index (κ3) is 2.48. The molecule has 1 atom stereocenters. The molecule has 0 saturated carbocycles. The highest BCUT2D eigenvalue weighted by Crippen LogP contribution is 2.55. The normalized spacial score (nSPS) is 21.2. The van der Waals surface area contributed by atoms with E-state index in [1.807, 2.05) is 48.6 Å². The van der Waals surface area contributed by atoms with Crippen LogP contribution in [0.3, 0.4) is 0 Å². The summed E-state index contributed by atoms with van der Waals surface area (Å²) in [6.45, 7) is 6.11. The predicted molar refractivity (Wildman–Crippen MR) is 113 cm³/mol. The van der Waals surface area contributed by atoms with Gasteiger partial charge in [0, 0.05) is 48.0 Å². The van der Waals surface area contributed by atoms with Crippen molar-refractivity contribution in [1.82, 2.24) is 0 Å². The molecule has 1 aliphatic carbocycles. The lowest BCUT2D eigenvalue weighted by molar-refractivity contribution is 0.0213. The van der Waals surface area contributed by atoms with E-state index in [1.54, 1.807) is 0 Å². The minimum atomic E-state index is -0.971. The number of carbonyl (C=O) groups is 1. The molecule has 4 nitrogen and oxygen atoms in total. The molecule has 0 radical (unpaired) electrons. The highest BCUT2D eigenvalue weighted by atomic mass is 16.6. The van der Waals surface area contributed by atoms with Gasteiger partial charge < -0.3 is 14.4 Å². The summed E-state index contributed by atoms with van der Waals surface area (Å²) in [7, 11) is 0. The van der Waals surface area contributed by atoms with Crippen LogP contribution in [-0.2, 0) is 10.3 Å². The molecule has 4 heteroatoms. The summed E-state index contributed by atoms with van der Waals surface area (Å²) >= 11 is 0. The first-order chi connectivity index (χ1) is 14.2. The van der Waals surface area contributed by atoms with Crippen LogP contribution in [0.15, 0.2) is 78.1 Å². The number of allylic oxidation sites excluding steroid dienone is 3. The third-order valence-corrected chi connectivity index (χ3v) is 5.97. The second kappa shape index (κ2) is 6.66. The molecule has 0 saturated heterocycles. The lowest BCUT2D eigenvalue weighted by atomic mass is 9.77. The maximum atomic E-state index is 12.8. The Hall–Kier alpha value is -3.27. The van der Waals surface area contributed by atoms with Crippen LogP contribution < -0.4 is 9.64 Å². The Morgan fingerprint density at radius 1 is 1.03 bits per heavy atom. The SMILES string of the molecule is CCN(CC)c1ccc2c(c1)OC1=C(C=CC=CC1)C21OC(=O)c2ccccc21. The van der Waals surface area contributed by atoms with E-state index >= 15 is 0 Å². The number of benzene rings is 2. The second-order valence-electron chi connectivity index (χ2n) is 7.40. The Morgan fingerprint density at radius 2 is 1.86 bits per heavy atom. The van der Waals surface area contributed by atoms with Crippen LogP contribution in [0.2, 0.25) is 0 Å². The molecular formula is C25H23NO3. The number of rotatable bonds is 3. The molecule has 3 aliphatic rings. The number of esters is 1. The largest absolute Gasteiger partial charge is 0.460 e. The summed E-state index contributed by atoms with van der Waals surface area (Å²) in [5, 5.41) is 0. The highest BCUT2D eigenvalue weighted by molar-refractivity contribution is 5.97. The number of hydrogen-bond donors (Lipinski definition) is 0. The van der Waals surface area contributed by atoms with Crippen LogP contribution in [0.25, 0.3) is 0 Å². The minimum absolute atomic E-state index is 0.293. The highest BCUT2D eigenvalue weighted by Gasteiger charge is 2.53. The molecule has 5 rings (SSSR count). The zero-order chi connectivity index (χ0) is 20.0. The quantitative estimate of drug-likeness (QED) is 0.689. The Bertz CT molecular complexity index is 1090. The van der Waals surface area contributed by atoms with Crippen molar-refractivity contribution in [3.63, 3.8) is 0 Å². The van der Waals surface area contributed by atoms with E-state index in [1.165, 1.54) is 0 Å². The summed E-state index contributed by atoms with van der Waals surface area (Å²) in [5.41, 5.74) is 3.39. The zero-order valence-electron chi connectivity index (χ0n) is 16.6. The van der Waals surface area contributed by atoms with Crippen molar-refractivity contribution in [2.24, 2.45) is 0 Å². The van der Waals surface area contributed by atoms with Gasteiger partial charge in [0.2, 0.25) is 0 Å². The van der Waals surface area contributed by atoms with Gasteiger partial charge in [-0.3, -0.25) is 0 Å². The Labute approximate surface area is 170 Å². The molecular weight excluding hydrogens is 362 g/mol. The van der Waals surface area contributed by atoms with Crippen molar-refractivity contribution in [1.29, 1.82) is 0 Å². The number of nitrogens with zero attached hydrogens (tertiary/aromatic N) is 1. The van der Waals surface area contributed by atoms with Gasteiger partial charge >= 0.3 is 5.97 Å². The van der Waals surface area contributed by atoms with E-state index in [0.29, 0.717) is 12.0 Å². The average molecular weight is 385 g/mol. The van der Waals surface area contributed by atoms with Gasteiger partial charge in [-0.2, -0.15) is 0 Å². The Kier molecular flexibility index (Phi) is 4.09. The molecule has 29 heavy (non-hydrogen) atoms. The number of ether oxygens (including phenoxy) is 2. The van der Waals surface area contributed by atoms with Crippen molar-refractivity contribution < 1.29 is 14.3 Å². The maximum Gasteiger partial charge on any atom is 0.340 e. The fraction of sp³-hybridized carbons (Fsp3) is 0.240. The van der Waals surface area contributed by atoms with Crippen molar-refractivity contribution in [2.45, 2.75) is 25.9 Å². The van der Waals surface area contributed by atoms with Gasteiger partial charge in [-0.25, -0.2) is 4.79 Å². The van der Waals surface area contributed by atoms with E-state index < -0.39 is 5.60 Å². The Balaban J connectivity index is 1.78. The van der Waals surface area contributed by atoms with Gasteiger partial charge in [-0.15, -0.1) is 0 Å². The lowest BCUT2D eigenvalue weighted by Crippen LogP contribution is -2.35. The van der Waals surface area contributed by atoms with Gasteiger partial charge in [0.1, 0.15) is 11.5 Å². The van der Waals surface area contributed by atoms with Crippen molar-refractivity contribution in [3.8, 4) is 5.75 Å². The monoisotopic (exact) mass is 385 g/mol. The fourth-order valence-electron chi connectivity index (χ4n) is 4.59. The molecule has 1 unspecified atom stereocenters. The van der Waals surface area contributed by atoms with Gasteiger partial charge in [-0.05, 0) is 32.0 Å². The first-order valence-electron chi connectivity index (χ1n) is 10.2. The number of fused-ring (bicyclic) bond motifs is 5. The van der Waals surface area contributed by atoms with Gasteiger partial charge in [0.05, 0.1) is 5.56 Å².